The highest BCUT2D eigenvalue weighted by atomic mass is 79.9. The predicted molar refractivity (Wildman–Crippen MR) is 82.4 cm³/mol. The van der Waals surface area contributed by atoms with Gasteiger partial charge in [-0.15, -0.1) is 11.3 Å². The van der Waals surface area contributed by atoms with Crippen LogP contribution in [0.25, 0.3) is 0 Å². The molecule has 0 aliphatic rings. The van der Waals surface area contributed by atoms with Crippen molar-refractivity contribution in [2.45, 2.75) is 6.42 Å². The Morgan fingerprint density at radius 3 is 2.90 bits per heavy atom. The predicted octanol–water partition coefficient (Wildman–Crippen LogP) is 2.91. The van der Waals surface area contributed by atoms with Crippen LogP contribution in [-0.2, 0) is 6.42 Å². The summed E-state index contributed by atoms with van der Waals surface area (Å²) in [6, 6.07) is 4.00. The van der Waals surface area contributed by atoms with Crippen molar-refractivity contribution in [3.05, 3.63) is 37.1 Å². The highest BCUT2D eigenvalue weighted by Gasteiger charge is 2.16. The van der Waals surface area contributed by atoms with Crippen LogP contribution in [-0.4, -0.2) is 28.5 Å². The Bertz CT molecular complexity index is 619. The van der Waals surface area contributed by atoms with E-state index in [2.05, 4.69) is 36.5 Å². The molecule has 0 amide bonds. The van der Waals surface area contributed by atoms with Crippen molar-refractivity contribution in [3.8, 4) is 0 Å². The van der Waals surface area contributed by atoms with Gasteiger partial charge in [-0.3, -0.25) is 10.1 Å². The average Bonchev–Trinajstić information content (AvgIpc) is 2.84. The SMILES string of the molecule is CNc1ncc([N+](=O)[O-])c(NCCc2ccc(Br)s2)n1. The Kier molecular flexibility index (Phi) is 4.85. The van der Waals surface area contributed by atoms with E-state index in [1.807, 2.05) is 12.1 Å². The Balaban J connectivity index is 2.05. The topological polar surface area (TPSA) is 93.0 Å². The summed E-state index contributed by atoms with van der Waals surface area (Å²) < 4.78 is 1.07. The molecule has 0 aliphatic carbocycles. The zero-order valence-corrected chi connectivity index (χ0v) is 13.0. The van der Waals surface area contributed by atoms with E-state index >= 15 is 0 Å². The van der Waals surface area contributed by atoms with E-state index in [-0.39, 0.29) is 11.5 Å². The fraction of sp³-hybridized carbons (Fsp3) is 0.273. The molecule has 0 saturated heterocycles. The van der Waals surface area contributed by atoms with Crippen LogP contribution >= 0.6 is 27.3 Å². The molecule has 0 aromatic carbocycles. The number of aromatic nitrogens is 2. The summed E-state index contributed by atoms with van der Waals surface area (Å²) in [6.45, 7) is 0.563. The molecule has 0 saturated carbocycles. The van der Waals surface area contributed by atoms with Crippen LogP contribution in [0.3, 0.4) is 0 Å². The lowest BCUT2D eigenvalue weighted by Gasteiger charge is -2.06. The highest BCUT2D eigenvalue weighted by molar-refractivity contribution is 9.11. The molecule has 0 fully saturated rings. The highest BCUT2D eigenvalue weighted by Crippen LogP contribution is 2.24. The first-order valence-corrected chi connectivity index (χ1v) is 7.38. The quantitative estimate of drug-likeness (QED) is 0.609. The van der Waals surface area contributed by atoms with E-state index in [9.17, 15) is 10.1 Å². The maximum absolute atomic E-state index is 10.9. The van der Waals surface area contributed by atoms with Gasteiger partial charge >= 0.3 is 5.69 Å². The van der Waals surface area contributed by atoms with Gasteiger partial charge in [0.15, 0.2) is 0 Å². The normalized spacial score (nSPS) is 10.3. The molecule has 2 aromatic rings. The van der Waals surface area contributed by atoms with Crippen LogP contribution in [0.1, 0.15) is 4.88 Å². The van der Waals surface area contributed by atoms with Gasteiger partial charge in [0, 0.05) is 18.5 Å². The molecule has 0 aliphatic heterocycles. The number of anilines is 2. The van der Waals surface area contributed by atoms with Gasteiger partial charge in [0.05, 0.1) is 8.71 Å². The number of nitrogens with zero attached hydrogens (tertiary/aromatic N) is 3. The lowest BCUT2D eigenvalue weighted by molar-refractivity contribution is -0.384. The Labute approximate surface area is 127 Å². The van der Waals surface area contributed by atoms with Gasteiger partial charge in [0.1, 0.15) is 6.20 Å². The summed E-state index contributed by atoms with van der Waals surface area (Å²) in [4.78, 5) is 19.5. The summed E-state index contributed by atoms with van der Waals surface area (Å²) in [5.74, 6) is 0.571. The van der Waals surface area contributed by atoms with Crippen molar-refractivity contribution in [1.29, 1.82) is 0 Å². The number of rotatable bonds is 6. The second-order valence-electron chi connectivity index (χ2n) is 3.82. The monoisotopic (exact) mass is 357 g/mol. The van der Waals surface area contributed by atoms with Crippen LogP contribution in [0.2, 0.25) is 0 Å². The van der Waals surface area contributed by atoms with E-state index in [1.54, 1.807) is 18.4 Å². The fourth-order valence-electron chi connectivity index (χ4n) is 1.55. The molecule has 0 atom stereocenters. The molecule has 0 spiro atoms. The minimum Gasteiger partial charge on any atom is -0.364 e. The second kappa shape index (κ2) is 6.62. The van der Waals surface area contributed by atoms with Crippen molar-refractivity contribution >= 4 is 44.7 Å². The zero-order valence-electron chi connectivity index (χ0n) is 10.6. The average molecular weight is 358 g/mol. The van der Waals surface area contributed by atoms with Gasteiger partial charge in [-0.05, 0) is 34.5 Å². The molecule has 7 nitrogen and oxygen atoms in total. The molecule has 2 aromatic heterocycles. The Morgan fingerprint density at radius 2 is 2.30 bits per heavy atom. The lowest BCUT2D eigenvalue weighted by Crippen LogP contribution is -2.10. The standard InChI is InChI=1S/C11H12BrN5O2S/c1-13-11-15-6-8(17(18)19)10(16-11)14-5-4-7-2-3-9(12)20-7/h2-3,6H,4-5H2,1H3,(H2,13,14,15,16). The fourth-order valence-corrected chi connectivity index (χ4v) is 3.03. The molecule has 9 heteroatoms. The maximum atomic E-state index is 10.9. The van der Waals surface area contributed by atoms with E-state index in [1.165, 1.54) is 11.1 Å². The first-order chi connectivity index (χ1) is 9.60. The lowest BCUT2D eigenvalue weighted by atomic mass is 10.3. The molecular formula is C11H12BrN5O2S. The molecular weight excluding hydrogens is 346 g/mol. The number of nitrogens with one attached hydrogen (secondary N) is 2. The summed E-state index contributed by atoms with van der Waals surface area (Å²) in [5.41, 5.74) is -0.128. The van der Waals surface area contributed by atoms with Crippen LogP contribution < -0.4 is 10.6 Å². The van der Waals surface area contributed by atoms with E-state index in [0.717, 1.165) is 10.2 Å². The number of halogens is 1. The third-order valence-electron chi connectivity index (χ3n) is 2.48. The van der Waals surface area contributed by atoms with Crippen molar-refractivity contribution in [3.63, 3.8) is 0 Å². The zero-order chi connectivity index (χ0) is 14.5. The van der Waals surface area contributed by atoms with Gasteiger partial charge < -0.3 is 10.6 Å². The number of hydrogen-bond donors (Lipinski definition) is 2. The minimum absolute atomic E-state index is 0.128. The molecule has 0 radical (unpaired) electrons. The van der Waals surface area contributed by atoms with Gasteiger partial charge in [-0.25, -0.2) is 4.98 Å². The number of nitro groups is 1. The Morgan fingerprint density at radius 1 is 1.50 bits per heavy atom. The summed E-state index contributed by atoms with van der Waals surface area (Å²) in [6.07, 6.45) is 1.97. The first-order valence-electron chi connectivity index (χ1n) is 5.77. The van der Waals surface area contributed by atoms with E-state index in [4.69, 9.17) is 0 Å². The van der Waals surface area contributed by atoms with Crippen LogP contribution in [0.15, 0.2) is 22.1 Å². The summed E-state index contributed by atoms with van der Waals surface area (Å²) in [5, 5.41) is 16.7. The summed E-state index contributed by atoms with van der Waals surface area (Å²) >= 11 is 5.04. The molecule has 106 valence electrons. The van der Waals surface area contributed by atoms with Gasteiger partial charge in [-0.1, -0.05) is 0 Å². The maximum Gasteiger partial charge on any atom is 0.329 e. The van der Waals surface area contributed by atoms with E-state index < -0.39 is 4.92 Å². The van der Waals surface area contributed by atoms with Crippen molar-refractivity contribution < 1.29 is 4.92 Å². The van der Waals surface area contributed by atoms with Crippen LogP contribution in [0.5, 0.6) is 0 Å². The van der Waals surface area contributed by atoms with Crippen molar-refractivity contribution in [1.82, 2.24) is 9.97 Å². The van der Waals surface area contributed by atoms with Gasteiger partial charge in [0.25, 0.3) is 0 Å². The summed E-state index contributed by atoms with van der Waals surface area (Å²) in [7, 11) is 1.66. The van der Waals surface area contributed by atoms with Crippen LogP contribution in [0.4, 0.5) is 17.5 Å². The first kappa shape index (κ1) is 14.7. The van der Waals surface area contributed by atoms with Gasteiger partial charge in [-0.2, -0.15) is 4.98 Å². The van der Waals surface area contributed by atoms with E-state index in [0.29, 0.717) is 12.5 Å². The van der Waals surface area contributed by atoms with Gasteiger partial charge in [0.2, 0.25) is 11.8 Å². The molecule has 0 unspecified atom stereocenters. The largest absolute Gasteiger partial charge is 0.364 e. The number of hydrogen-bond acceptors (Lipinski definition) is 7. The van der Waals surface area contributed by atoms with Crippen molar-refractivity contribution in [2.24, 2.45) is 0 Å². The third kappa shape index (κ3) is 3.64. The molecule has 2 heterocycles. The van der Waals surface area contributed by atoms with Crippen LogP contribution in [0, 0.1) is 10.1 Å². The number of thiophene rings is 1. The van der Waals surface area contributed by atoms with Crippen molar-refractivity contribution in [2.75, 3.05) is 24.2 Å². The molecule has 2 rings (SSSR count). The third-order valence-corrected chi connectivity index (χ3v) is 4.17. The molecule has 20 heavy (non-hydrogen) atoms. The minimum atomic E-state index is -0.497. The molecule has 0 bridgehead atoms. The second-order valence-corrected chi connectivity index (χ2v) is 6.36. The Hall–Kier alpha value is -1.74. The molecule has 2 N–H and O–H groups in total. The smallest absolute Gasteiger partial charge is 0.329 e.